The molecule has 2 rings (SSSR count). The Morgan fingerprint density at radius 1 is 1.57 bits per heavy atom. The van der Waals surface area contributed by atoms with Crippen molar-refractivity contribution in [1.29, 1.82) is 0 Å². The van der Waals surface area contributed by atoms with Crippen LogP contribution in [0.15, 0.2) is 23.6 Å². The summed E-state index contributed by atoms with van der Waals surface area (Å²) in [6.45, 7) is 1.84. The third kappa shape index (κ3) is 3.52. The second kappa shape index (κ2) is 6.29. The number of amides is 1. The summed E-state index contributed by atoms with van der Waals surface area (Å²) in [5, 5.41) is 12.8. The van der Waals surface area contributed by atoms with Crippen molar-refractivity contribution in [3.63, 3.8) is 0 Å². The van der Waals surface area contributed by atoms with Gasteiger partial charge in [-0.3, -0.25) is 20.3 Å². The van der Waals surface area contributed by atoms with Gasteiger partial charge in [0, 0.05) is 11.4 Å². The molecule has 1 heterocycles. The molecule has 0 bridgehead atoms. The van der Waals surface area contributed by atoms with E-state index < -0.39 is 10.8 Å². The van der Waals surface area contributed by atoms with E-state index in [1.165, 1.54) is 6.07 Å². The Balaban J connectivity index is 2.13. The van der Waals surface area contributed by atoms with Crippen LogP contribution in [-0.4, -0.2) is 15.8 Å². The average Bonchev–Trinajstić information content (AvgIpc) is 2.93. The van der Waals surface area contributed by atoms with Crippen LogP contribution in [-0.2, 0) is 6.61 Å². The Morgan fingerprint density at radius 3 is 3.00 bits per heavy atom. The number of nitrogens with two attached hydrogens (primary N) is 1. The topological polar surface area (TPSA) is 120 Å². The molecule has 0 aliphatic rings. The lowest BCUT2D eigenvalue weighted by Crippen LogP contribution is -2.29. The number of nitrogen functional groups attached to an aromatic ring is 1. The molecular formula is C12H12N4O4S. The molecule has 0 radical (unpaired) electrons. The first-order valence-corrected chi connectivity index (χ1v) is 6.72. The van der Waals surface area contributed by atoms with E-state index in [-0.39, 0.29) is 23.1 Å². The summed E-state index contributed by atoms with van der Waals surface area (Å²) in [4.78, 5) is 25.7. The number of aryl methyl sites for hydroxylation is 1. The SMILES string of the molecule is Cc1ccc([N+](=O)[O-])c(OCc2csc(C(=O)NN)n2)c1. The van der Waals surface area contributed by atoms with E-state index >= 15 is 0 Å². The van der Waals surface area contributed by atoms with E-state index in [9.17, 15) is 14.9 Å². The van der Waals surface area contributed by atoms with Gasteiger partial charge in [0.25, 0.3) is 5.91 Å². The minimum absolute atomic E-state index is 0.0264. The number of rotatable bonds is 5. The molecule has 1 amide bonds. The van der Waals surface area contributed by atoms with Crippen molar-refractivity contribution in [1.82, 2.24) is 10.4 Å². The normalized spacial score (nSPS) is 10.2. The molecule has 9 heteroatoms. The van der Waals surface area contributed by atoms with E-state index in [0.717, 1.165) is 16.9 Å². The molecule has 8 nitrogen and oxygen atoms in total. The highest BCUT2D eigenvalue weighted by molar-refractivity contribution is 7.11. The van der Waals surface area contributed by atoms with Crippen molar-refractivity contribution < 1.29 is 14.5 Å². The van der Waals surface area contributed by atoms with Gasteiger partial charge in [-0.2, -0.15) is 0 Å². The molecule has 1 aromatic carbocycles. The fourth-order valence-electron chi connectivity index (χ4n) is 1.58. The Hall–Kier alpha value is -2.52. The van der Waals surface area contributed by atoms with Crippen LogP contribution in [0.5, 0.6) is 5.75 Å². The van der Waals surface area contributed by atoms with Crippen LogP contribution in [0.4, 0.5) is 5.69 Å². The van der Waals surface area contributed by atoms with E-state index in [0.29, 0.717) is 5.69 Å². The number of nitro groups is 1. The van der Waals surface area contributed by atoms with Crippen molar-refractivity contribution in [2.24, 2.45) is 5.84 Å². The molecule has 0 saturated carbocycles. The van der Waals surface area contributed by atoms with E-state index in [2.05, 4.69) is 4.98 Å². The number of hydrogen-bond acceptors (Lipinski definition) is 7. The quantitative estimate of drug-likeness (QED) is 0.374. The first-order chi connectivity index (χ1) is 10.0. The first kappa shape index (κ1) is 14.9. The van der Waals surface area contributed by atoms with Crippen LogP contribution in [0.1, 0.15) is 21.1 Å². The van der Waals surface area contributed by atoms with Gasteiger partial charge in [0.15, 0.2) is 10.8 Å². The fourth-order valence-corrected chi connectivity index (χ4v) is 2.28. The zero-order chi connectivity index (χ0) is 15.4. The maximum Gasteiger partial charge on any atom is 0.310 e. The average molecular weight is 308 g/mol. The van der Waals surface area contributed by atoms with Crippen molar-refractivity contribution in [2.45, 2.75) is 13.5 Å². The van der Waals surface area contributed by atoms with Crippen molar-refractivity contribution >= 4 is 22.9 Å². The number of aromatic nitrogens is 1. The lowest BCUT2D eigenvalue weighted by Gasteiger charge is -2.06. The lowest BCUT2D eigenvalue weighted by molar-refractivity contribution is -0.386. The van der Waals surface area contributed by atoms with Gasteiger partial charge < -0.3 is 4.74 Å². The molecule has 0 aliphatic carbocycles. The van der Waals surface area contributed by atoms with E-state index in [1.54, 1.807) is 17.5 Å². The van der Waals surface area contributed by atoms with Gasteiger partial charge in [-0.1, -0.05) is 6.07 Å². The molecule has 0 spiro atoms. The molecule has 2 aromatic rings. The number of ether oxygens (including phenoxy) is 1. The molecule has 0 atom stereocenters. The van der Waals surface area contributed by atoms with Gasteiger partial charge in [-0.15, -0.1) is 11.3 Å². The van der Waals surface area contributed by atoms with E-state index in [4.69, 9.17) is 10.6 Å². The standard InChI is InChI=1S/C12H12N4O4S/c1-7-2-3-9(16(18)19)10(4-7)20-5-8-6-21-12(14-8)11(17)15-13/h2-4,6H,5,13H2,1H3,(H,15,17). The number of hydrogen-bond donors (Lipinski definition) is 2. The lowest BCUT2D eigenvalue weighted by atomic mass is 10.2. The summed E-state index contributed by atoms with van der Waals surface area (Å²) in [7, 11) is 0. The number of nitro benzene ring substituents is 1. The first-order valence-electron chi connectivity index (χ1n) is 5.84. The highest BCUT2D eigenvalue weighted by atomic mass is 32.1. The predicted molar refractivity (Wildman–Crippen MR) is 75.9 cm³/mol. The number of nitrogens with zero attached hydrogens (tertiary/aromatic N) is 2. The van der Waals surface area contributed by atoms with Crippen LogP contribution in [0.25, 0.3) is 0 Å². The third-order valence-corrected chi connectivity index (χ3v) is 3.45. The molecule has 0 fully saturated rings. The highest BCUT2D eigenvalue weighted by Crippen LogP contribution is 2.28. The third-order valence-electron chi connectivity index (χ3n) is 2.56. The van der Waals surface area contributed by atoms with Gasteiger partial charge in [0.1, 0.15) is 6.61 Å². The Kier molecular flexibility index (Phi) is 4.45. The Morgan fingerprint density at radius 2 is 2.33 bits per heavy atom. The number of carbonyl (C=O) groups is 1. The monoisotopic (exact) mass is 308 g/mol. The number of thiazole rings is 1. The van der Waals surface area contributed by atoms with Gasteiger partial charge >= 0.3 is 5.69 Å². The molecule has 110 valence electrons. The molecule has 0 unspecified atom stereocenters. The Bertz CT molecular complexity index is 686. The smallest absolute Gasteiger partial charge is 0.310 e. The molecule has 0 saturated heterocycles. The molecule has 1 aromatic heterocycles. The van der Waals surface area contributed by atoms with Crippen molar-refractivity contribution in [3.05, 3.63) is 50.0 Å². The number of hydrazine groups is 1. The molecular weight excluding hydrogens is 296 g/mol. The maximum atomic E-state index is 11.3. The van der Waals surface area contributed by atoms with Crippen LogP contribution in [0, 0.1) is 17.0 Å². The maximum absolute atomic E-state index is 11.3. The fraction of sp³-hybridized carbons (Fsp3) is 0.167. The predicted octanol–water partition coefficient (Wildman–Crippen LogP) is 1.54. The van der Waals surface area contributed by atoms with Crippen molar-refractivity contribution in [3.8, 4) is 5.75 Å². The second-order valence-electron chi connectivity index (χ2n) is 4.13. The summed E-state index contributed by atoms with van der Waals surface area (Å²) in [5.74, 6) is 4.68. The summed E-state index contributed by atoms with van der Waals surface area (Å²) in [6, 6.07) is 4.61. The van der Waals surface area contributed by atoms with Crippen LogP contribution < -0.4 is 16.0 Å². The highest BCUT2D eigenvalue weighted by Gasteiger charge is 2.16. The van der Waals surface area contributed by atoms with Crippen molar-refractivity contribution in [2.75, 3.05) is 0 Å². The van der Waals surface area contributed by atoms with Crippen LogP contribution in [0.2, 0.25) is 0 Å². The summed E-state index contributed by atoms with van der Waals surface area (Å²) >= 11 is 1.11. The summed E-state index contributed by atoms with van der Waals surface area (Å²) in [6.07, 6.45) is 0. The molecule has 21 heavy (non-hydrogen) atoms. The number of benzene rings is 1. The number of carbonyl (C=O) groups excluding carboxylic acids is 1. The van der Waals surface area contributed by atoms with Gasteiger partial charge in [-0.25, -0.2) is 10.8 Å². The summed E-state index contributed by atoms with van der Waals surface area (Å²) in [5.41, 5.74) is 3.20. The number of nitrogens with one attached hydrogen (secondary N) is 1. The van der Waals surface area contributed by atoms with Gasteiger partial charge in [0.05, 0.1) is 10.6 Å². The minimum atomic E-state index is -0.511. The zero-order valence-corrected chi connectivity index (χ0v) is 11.8. The van der Waals surface area contributed by atoms with Crippen LogP contribution >= 0.6 is 11.3 Å². The zero-order valence-electron chi connectivity index (χ0n) is 11.0. The second-order valence-corrected chi connectivity index (χ2v) is 4.99. The largest absolute Gasteiger partial charge is 0.480 e. The molecule has 3 N–H and O–H groups in total. The minimum Gasteiger partial charge on any atom is -0.480 e. The molecule has 0 aliphatic heterocycles. The van der Waals surface area contributed by atoms with Crippen LogP contribution in [0.3, 0.4) is 0 Å². The van der Waals surface area contributed by atoms with Gasteiger partial charge in [0.2, 0.25) is 0 Å². The Labute approximate surface area is 123 Å². The van der Waals surface area contributed by atoms with E-state index in [1.807, 2.05) is 12.3 Å². The summed E-state index contributed by atoms with van der Waals surface area (Å²) < 4.78 is 5.43. The van der Waals surface area contributed by atoms with Gasteiger partial charge in [-0.05, 0) is 18.6 Å².